The fourth-order valence-electron chi connectivity index (χ4n) is 3.74. The van der Waals surface area contributed by atoms with Crippen LogP contribution in [0.15, 0.2) is 94.7 Å². The van der Waals surface area contributed by atoms with Gasteiger partial charge in [-0.2, -0.15) is 0 Å². The monoisotopic (exact) mass is 578 g/mol. The minimum Gasteiger partial charge on any atom is -0.478 e. The standard InChI is InChI=1S/C28H18O12S/c29-25(30)20-13-8-17(14-22(20)27(33)34)39-15-4-9-18(10-5-15)41(37,38)19-11-6-16(7-12-19)40-23-3-1-2-21(26(31)32)24(23)28(35)36/h1-14H,(H,29,30)(H,31,32)(H,33,34)(H,35,36). The Bertz CT molecular complexity index is 1790. The van der Waals surface area contributed by atoms with Crippen LogP contribution in [0.2, 0.25) is 0 Å². The minimum absolute atomic E-state index is 0.0264. The largest absolute Gasteiger partial charge is 0.478 e. The van der Waals surface area contributed by atoms with Gasteiger partial charge in [-0.1, -0.05) is 6.07 Å². The van der Waals surface area contributed by atoms with E-state index in [9.17, 15) is 42.9 Å². The zero-order valence-electron chi connectivity index (χ0n) is 20.5. The van der Waals surface area contributed by atoms with Crippen molar-refractivity contribution in [2.75, 3.05) is 0 Å². The summed E-state index contributed by atoms with van der Waals surface area (Å²) in [5.74, 6) is -5.83. The van der Waals surface area contributed by atoms with Crippen LogP contribution in [0.3, 0.4) is 0 Å². The Morgan fingerprint density at radius 3 is 1.49 bits per heavy atom. The van der Waals surface area contributed by atoms with E-state index in [-0.39, 0.29) is 32.8 Å². The third kappa shape index (κ3) is 5.99. The number of benzene rings is 4. The molecule has 0 fully saturated rings. The summed E-state index contributed by atoms with van der Waals surface area (Å²) < 4.78 is 37.3. The summed E-state index contributed by atoms with van der Waals surface area (Å²) in [5, 5.41) is 37.1. The molecule has 0 amide bonds. The number of carboxylic acids is 4. The fourth-order valence-corrected chi connectivity index (χ4v) is 5.00. The van der Waals surface area contributed by atoms with Crippen molar-refractivity contribution >= 4 is 33.7 Å². The van der Waals surface area contributed by atoms with Crippen LogP contribution >= 0.6 is 0 Å². The van der Waals surface area contributed by atoms with Gasteiger partial charge in [-0.05, 0) is 78.9 Å². The fraction of sp³-hybridized carbons (Fsp3) is 0. The number of carbonyl (C=O) groups is 4. The number of aromatic carboxylic acids is 4. The quantitative estimate of drug-likeness (QED) is 0.199. The molecule has 0 heterocycles. The van der Waals surface area contributed by atoms with Gasteiger partial charge in [0.15, 0.2) is 0 Å². The van der Waals surface area contributed by atoms with Gasteiger partial charge < -0.3 is 29.9 Å². The summed E-state index contributed by atoms with van der Waals surface area (Å²) in [6.07, 6.45) is 0. The summed E-state index contributed by atoms with van der Waals surface area (Å²) in [6.45, 7) is 0. The van der Waals surface area contributed by atoms with Crippen LogP contribution in [0.4, 0.5) is 0 Å². The smallest absolute Gasteiger partial charge is 0.340 e. The molecule has 12 nitrogen and oxygen atoms in total. The van der Waals surface area contributed by atoms with Crippen LogP contribution < -0.4 is 9.47 Å². The summed E-state index contributed by atoms with van der Waals surface area (Å²) in [7, 11) is -4.02. The van der Waals surface area contributed by atoms with Gasteiger partial charge in [0.2, 0.25) is 9.84 Å². The molecule has 0 saturated heterocycles. The van der Waals surface area contributed by atoms with Gasteiger partial charge in [-0.3, -0.25) is 0 Å². The van der Waals surface area contributed by atoms with Crippen LogP contribution in [0.1, 0.15) is 41.4 Å². The van der Waals surface area contributed by atoms with Crippen LogP contribution in [0.5, 0.6) is 23.0 Å². The highest BCUT2D eigenvalue weighted by Crippen LogP contribution is 2.31. The average Bonchev–Trinajstić information content (AvgIpc) is 2.93. The molecule has 4 N–H and O–H groups in total. The lowest BCUT2D eigenvalue weighted by Gasteiger charge is -2.12. The highest BCUT2D eigenvalue weighted by molar-refractivity contribution is 7.91. The number of hydrogen-bond donors (Lipinski definition) is 4. The van der Waals surface area contributed by atoms with Crippen LogP contribution in [-0.2, 0) is 9.84 Å². The first-order valence-corrected chi connectivity index (χ1v) is 12.9. The first-order chi connectivity index (χ1) is 19.4. The summed E-state index contributed by atoms with van der Waals surface area (Å²) >= 11 is 0. The van der Waals surface area contributed by atoms with Crippen LogP contribution in [0.25, 0.3) is 0 Å². The van der Waals surface area contributed by atoms with E-state index >= 15 is 0 Å². The molecule has 13 heteroatoms. The Hall–Kier alpha value is -5.69. The van der Waals surface area contributed by atoms with E-state index in [0.29, 0.717) is 0 Å². The molecule has 4 rings (SSSR count). The minimum atomic E-state index is -4.02. The summed E-state index contributed by atoms with van der Waals surface area (Å²) in [4.78, 5) is 45.3. The Kier molecular flexibility index (Phi) is 7.73. The van der Waals surface area contributed by atoms with E-state index in [1.807, 2.05) is 0 Å². The maximum Gasteiger partial charge on any atom is 0.340 e. The van der Waals surface area contributed by atoms with Crippen molar-refractivity contribution < 1.29 is 57.5 Å². The third-order valence-corrected chi connectivity index (χ3v) is 7.44. The van der Waals surface area contributed by atoms with E-state index in [1.165, 1.54) is 66.7 Å². The van der Waals surface area contributed by atoms with E-state index in [2.05, 4.69) is 0 Å². The van der Waals surface area contributed by atoms with Gasteiger partial charge in [0.05, 0.1) is 26.5 Å². The van der Waals surface area contributed by atoms with Crippen molar-refractivity contribution in [1.82, 2.24) is 0 Å². The van der Waals surface area contributed by atoms with Crippen molar-refractivity contribution in [1.29, 1.82) is 0 Å². The molecule has 0 saturated carbocycles. The second kappa shape index (κ2) is 11.2. The van der Waals surface area contributed by atoms with Crippen molar-refractivity contribution in [3.8, 4) is 23.0 Å². The predicted molar refractivity (Wildman–Crippen MR) is 139 cm³/mol. The number of ether oxygens (including phenoxy) is 2. The molecular formula is C28H18O12S. The molecule has 0 aliphatic rings. The SMILES string of the molecule is O=C(O)c1ccc(Oc2ccc(S(=O)(=O)c3ccc(Oc4cccc(C(=O)O)c4C(=O)O)cc3)cc2)cc1C(=O)O. The molecule has 0 atom stereocenters. The molecule has 0 aliphatic heterocycles. The maximum atomic E-state index is 13.1. The number of sulfone groups is 1. The Balaban J connectivity index is 1.53. The number of rotatable bonds is 10. The third-order valence-electron chi connectivity index (χ3n) is 5.65. The molecular weight excluding hydrogens is 560 g/mol. The van der Waals surface area contributed by atoms with E-state index < -0.39 is 56.0 Å². The first-order valence-electron chi connectivity index (χ1n) is 11.4. The number of carboxylic acid groups (broad SMARTS) is 4. The molecule has 0 aliphatic carbocycles. The first kappa shape index (κ1) is 28.3. The molecule has 208 valence electrons. The molecule has 0 unspecified atom stereocenters. The summed E-state index contributed by atoms with van der Waals surface area (Å²) in [5.41, 5.74) is -1.92. The van der Waals surface area contributed by atoms with Crippen molar-refractivity contribution in [2.24, 2.45) is 0 Å². The molecule has 0 bridgehead atoms. The Labute approximate surface area is 231 Å². The highest BCUT2D eigenvalue weighted by atomic mass is 32.2. The average molecular weight is 579 g/mol. The van der Waals surface area contributed by atoms with Gasteiger partial charge in [-0.25, -0.2) is 27.6 Å². The van der Waals surface area contributed by atoms with Crippen molar-refractivity contribution in [3.05, 3.63) is 107 Å². The second-order valence-corrected chi connectivity index (χ2v) is 10.2. The topological polar surface area (TPSA) is 202 Å². The zero-order chi connectivity index (χ0) is 29.9. The van der Waals surface area contributed by atoms with Crippen molar-refractivity contribution in [3.63, 3.8) is 0 Å². The van der Waals surface area contributed by atoms with Gasteiger partial charge in [0.1, 0.15) is 28.6 Å². The zero-order valence-corrected chi connectivity index (χ0v) is 21.4. The van der Waals surface area contributed by atoms with Gasteiger partial charge in [-0.15, -0.1) is 0 Å². The lowest BCUT2D eigenvalue weighted by molar-refractivity contribution is 0.0649. The van der Waals surface area contributed by atoms with Gasteiger partial charge in [0.25, 0.3) is 0 Å². The molecule has 41 heavy (non-hydrogen) atoms. The molecule has 4 aromatic rings. The van der Waals surface area contributed by atoms with E-state index in [1.54, 1.807) is 0 Å². The highest BCUT2D eigenvalue weighted by Gasteiger charge is 2.23. The van der Waals surface area contributed by atoms with E-state index in [0.717, 1.165) is 18.2 Å². The molecule has 0 spiro atoms. The lowest BCUT2D eigenvalue weighted by atomic mass is 10.1. The molecule has 0 aromatic heterocycles. The maximum absolute atomic E-state index is 13.1. The van der Waals surface area contributed by atoms with Gasteiger partial charge >= 0.3 is 23.9 Å². The molecule has 0 radical (unpaired) electrons. The van der Waals surface area contributed by atoms with E-state index in [4.69, 9.17) is 14.6 Å². The number of hydrogen-bond acceptors (Lipinski definition) is 8. The molecule has 4 aromatic carbocycles. The summed E-state index contributed by atoms with van der Waals surface area (Å²) in [6, 6.07) is 17.3. The van der Waals surface area contributed by atoms with Crippen LogP contribution in [0, 0.1) is 0 Å². The second-order valence-electron chi connectivity index (χ2n) is 8.26. The van der Waals surface area contributed by atoms with Crippen LogP contribution in [-0.4, -0.2) is 52.7 Å². The normalized spacial score (nSPS) is 10.9. The van der Waals surface area contributed by atoms with Gasteiger partial charge in [0, 0.05) is 0 Å². The lowest BCUT2D eigenvalue weighted by Crippen LogP contribution is -2.09. The van der Waals surface area contributed by atoms with Crippen molar-refractivity contribution in [2.45, 2.75) is 9.79 Å². The Morgan fingerprint density at radius 2 is 1.00 bits per heavy atom. The predicted octanol–water partition coefficient (Wildman–Crippen LogP) is 4.90. The Morgan fingerprint density at radius 1 is 0.512 bits per heavy atom.